The second kappa shape index (κ2) is 5.50. The molecule has 2 N–H and O–H groups in total. The van der Waals surface area contributed by atoms with Crippen molar-refractivity contribution < 1.29 is 0 Å². The minimum Gasteiger partial charge on any atom is -0.383 e. The molecule has 1 aliphatic heterocycles. The predicted molar refractivity (Wildman–Crippen MR) is 76.4 cm³/mol. The lowest BCUT2D eigenvalue weighted by molar-refractivity contribution is 0.219. The molecule has 0 amide bonds. The van der Waals surface area contributed by atoms with Crippen molar-refractivity contribution >= 4 is 21.7 Å². The van der Waals surface area contributed by atoms with Gasteiger partial charge in [0.2, 0.25) is 0 Å². The van der Waals surface area contributed by atoms with E-state index in [0.717, 1.165) is 35.6 Å². The van der Waals surface area contributed by atoms with E-state index >= 15 is 0 Å². The van der Waals surface area contributed by atoms with Gasteiger partial charge in [0.1, 0.15) is 11.6 Å². The van der Waals surface area contributed by atoms with Crippen LogP contribution in [-0.4, -0.2) is 53.5 Å². The van der Waals surface area contributed by atoms with Crippen LogP contribution in [0.5, 0.6) is 0 Å². The minimum absolute atomic E-state index is 0.214. The van der Waals surface area contributed by atoms with Gasteiger partial charge in [-0.2, -0.15) is 0 Å². The number of aryl methyl sites for hydroxylation is 1. The third kappa shape index (κ3) is 2.81. The molecule has 18 heavy (non-hydrogen) atoms. The van der Waals surface area contributed by atoms with Crippen LogP contribution in [0.1, 0.15) is 24.0 Å². The Bertz CT molecular complexity index is 413. The van der Waals surface area contributed by atoms with Crippen LogP contribution in [0.4, 0.5) is 5.82 Å². The maximum absolute atomic E-state index is 5.92. The largest absolute Gasteiger partial charge is 0.383 e. The summed E-state index contributed by atoms with van der Waals surface area (Å²) in [4.78, 5) is 13.6. The number of nitrogen functional groups attached to an aromatic ring is 1. The Kier molecular flexibility index (Phi) is 4.19. The molecule has 1 fully saturated rings. The van der Waals surface area contributed by atoms with Gasteiger partial charge in [-0.25, -0.2) is 9.97 Å². The lowest BCUT2D eigenvalue weighted by Gasteiger charge is -2.26. The first kappa shape index (κ1) is 13.7. The zero-order chi connectivity index (χ0) is 13.3. The Morgan fingerprint density at radius 3 is 2.67 bits per heavy atom. The number of nitrogens with two attached hydrogens (primary N) is 1. The number of rotatable bonds is 1. The van der Waals surface area contributed by atoms with Gasteiger partial charge in [-0.15, -0.1) is 0 Å². The van der Waals surface area contributed by atoms with Crippen LogP contribution in [0.3, 0.4) is 0 Å². The summed E-state index contributed by atoms with van der Waals surface area (Å²) in [5, 5.41) is 0. The molecule has 0 spiro atoms. The maximum Gasteiger partial charge on any atom is 0.149 e. The molecule has 1 aliphatic rings. The predicted octanol–water partition coefficient (Wildman–Crippen LogP) is 1.44. The number of hydrogen-bond acceptors (Lipinski definition) is 5. The van der Waals surface area contributed by atoms with E-state index < -0.39 is 0 Å². The third-order valence-electron chi connectivity index (χ3n) is 3.43. The van der Waals surface area contributed by atoms with Gasteiger partial charge in [0.25, 0.3) is 0 Å². The van der Waals surface area contributed by atoms with Crippen LogP contribution in [-0.2, 0) is 0 Å². The Morgan fingerprint density at radius 2 is 2.00 bits per heavy atom. The van der Waals surface area contributed by atoms with E-state index in [0.29, 0.717) is 5.82 Å². The Labute approximate surface area is 117 Å². The molecule has 1 unspecified atom stereocenters. The molecule has 2 heterocycles. The number of aromatic nitrogens is 2. The van der Waals surface area contributed by atoms with Crippen molar-refractivity contribution in [1.82, 2.24) is 19.8 Å². The molecule has 0 aliphatic carbocycles. The number of hydrogen-bond donors (Lipinski definition) is 1. The van der Waals surface area contributed by atoms with Crippen molar-refractivity contribution in [2.45, 2.75) is 19.4 Å². The van der Waals surface area contributed by atoms with Crippen LogP contribution in [0, 0.1) is 6.92 Å². The Balaban J connectivity index is 2.33. The van der Waals surface area contributed by atoms with Gasteiger partial charge in [0, 0.05) is 6.54 Å². The summed E-state index contributed by atoms with van der Waals surface area (Å²) >= 11 is 3.41. The summed E-state index contributed by atoms with van der Waals surface area (Å²) in [5.41, 5.74) is 6.82. The third-order valence-corrected chi connectivity index (χ3v) is 4.41. The highest BCUT2D eigenvalue weighted by atomic mass is 79.9. The zero-order valence-corrected chi connectivity index (χ0v) is 12.7. The van der Waals surface area contributed by atoms with E-state index in [1.165, 1.54) is 6.42 Å². The first-order valence-electron chi connectivity index (χ1n) is 6.17. The molecule has 5 nitrogen and oxygen atoms in total. The van der Waals surface area contributed by atoms with Gasteiger partial charge in [-0.1, -0.05) is 0 Å². The highest BCUT2D eigenvalue weighted by Crippen LogP contribution is 2.25. The Morgan fingerprint density at radius 1 is 1.28 bits per heavy atom. The van der Waals surface area contributed by atoms with Crippen molar-refractivity contribution in [1.29, 1.82) is 0 Å². The molecule has 1 aromatic heterocycles. The van der Waals surface area contributed by atoms with E-state index in [1.54, 1.807) is 0 Å². The standard InChI is InChI=1S/C12H20BrN5/c1-8-10(13)11(14)16-12(15-8)9-7-17(2)5-4-6-18(9)3/h9H,4-7H2,1-3H3,(H2,14,15,16). The molecule has 0 saturated carbocycles. The second-order valence-corrected chi connectivity index (χ2v) is 5.77. The number of halogens is 1. The van der Waals surface area contributed by atoms with Crippen molar-refractivity contribution in [2.75, 3.05) is 39.5 Å². The van der Waals surface area contributed by atoms with Crippen LogP contribution in [0.2, 0.25) is 0 Å². The fraction of sp³-hybridized carbons (Fsp3) is 0.667. The number of nitrogens with zero attached hydrogens (tertiary/aromatic N) is 4. The van der Waals surface area contributed by atoms with Gasteiger partial charge in [0.15, 0.2) is 0 Å². The van der Waals surface area contributed by atoms with E-state index in [2.05, 4.69) is 49.8 Å². The van der Waals surface area contributed by atoms with Crippen LogP contribution >= 0.6 is 15.9 Å². The summed E-state index contributed by atoms with van der Waals surface area (Å²) in [7, 11) is 4.27. The lowest BCUT2D eigenvalue weighted by atomic mass is 10.2. The lowest BCUT2D eigenvalue weighted by Crippen LogP contribution is -2.32. The molecular formula is C12H20BrN5. The average Bonchev–Trinajstić information content (AvgIpc) is 2.47. The summed E-state index contributed by atoms with van der Waals surface area (Å²) in [6.45, 7) is 5.07. The molecule has 0 aromatic carbocycles. The maximum atomic E-state index is 5.92. The monoisotopic (exact) mass is 313 g/mol. The van der Waals surface area contributed by atoms with Crippen molar-refractivity contribution in [3.63, 3.8) is 0 Å². The summed E-state index contributed by atoms with van der Waals surface area (Å²) in [6, 6.07) is 0.214. The van der Waals surface area contributed by atoms with Crippen LogP contribution in [0.15, 0.2) is 4.47 Å². The number of likely N-dealkylation sites (N-methyl/N-ethyl adjacent to an activating group) is 2. The van der Waals surface area contributed by atoms with Gasteiger partial charge in [-0.05, 0) is 56.5 Å². The summed E-state index contributed by atoms with van der Waals surface area (Å²) in [6.07, 6.45) is 1.18. The van der Waals surface area contributed by atoms with E-state index in [1.807, 2.05) is 6.92 Å². The van der Waals surface area contributed by atoms with Crippen molar-refractivity contribution in [3.05, 3.63) is 16.0 Å². The molecule has 0 radical (unpaired) electrons. The molecule has 1 saturated heterocycles. The van der Waals surface area contributed by atoms with Gasteiger partial charge in [-0.3, -0.25) is 4.90 Å². The quantitative estimate of drug-likeness (QED) is 0.850. The first-order chi connectivity index (χ1) is 8.49. The van der Waals surface area contributed by atoms with Crippen molar-refractivity contribution in [2.24, 2.45) is 0 Å². The summed E-state index contributed by atoms with van der Waals surface area (Å²) in [5.74, 6) is 1.35. The molecule has 1 atom stereocenters. The van der Waals surface area contributed by atoms with E-state index in [4.69, 9.17) is 5.73 Å². The highest BCUT2D eigenvalue weighted by molar-refractivity contribution is 9.10. The fourth-order valence-corrected chi connectivity index (χ4v) is 2.48. The average molecular weight is 314 g/mol. The second-order valence-electron chi connectivity index (χ2n) is 4.98. The van der Waals surface area contributed by atoms with Crippen molar-refractivity contribution in [3.8, 4) is 0 Å². The van der Waals surface area contributed by atoms with Crippen LogP contribution < -0.4 is 5.73 Å². The zero-order valence-electron chi connectivity index (χ0n) is 11.1. The molecule has 2 rings (SSSR count). The fourth-order valence-electron chi connectivity index (χ4n) is 2.30. The smallest absolute Gasteiger partial charge is 0.149 e. The van der Waals surface area contributed by atoms with Gasteiger partial charge in [0.05, 0.1) is 16.2 Å². The van der Waals surface area contributed by atoms with Gasteiger partial charge < -0.3 is 10.6 Å². The highest BCUT2D eigenvalue weighted by Gasteiger charge is 2.25. The number of anilines is 1. The van der Waals surface area contributed by atoms with Gasteiger partial charge >= 0.3 is 0 Å². The SMILES string of the molecule is Cc1nc(C2CN(C)CCCN2C)nc(N)c1Br. The van der Waals surface area contributed by atoms with E-state index in [-0.39, 0.29) is 6.04 Å². The molecule has 0 bridgehead atoms. The molecular weight excluding hydrogens is 294 g/mol. The van der Waals surface area contributed by atoms with E-state index in [9.17, 15) is 0 Å². The summed E-state index contributed by atoms with van der Waals surface area (Å²) < 4.78 is 0.802. The Hall–Kier alpha value is -0.720. The molecule has 100 valence electrons. The first-order valence-corrected chi connectivity index (χ1v) is 6.96. The topological polar surface area (TPSA) is 58.3 Å². The van der Waals surface area contributed by atoms with Crippen LogP contribution in [0.25, 0.3) is 0 Å². The minimum atomic E-state index is 0.214. The molecule has 6 heteroatoms. The molecule has 1 aromatic rings. The normalized spacial score (nSPS) is 23.0.